The molecule has 0 atom stereocenters. The van der Waals surface area contributed by atoms with Crippen molar-refractivity contribution in [2.75, 3.05) is 6.61 Å². The maximum Gasteiger partial charge on any atom is 0.416 e. The molecule has 0 saturated heterocycles. The third-order valence-corrected chi connectivity index (χ3v) is 6.03. The van der Waals surface area contributed by atoms with Crippen LogP contribution in [0.2, 0.25) is 0 Å². The molecule has 0 aliphatic rings. The van der Waals surface area contributed by atoms with E-state index in [1.165, 1.54) is 12.1 Å². The van der Waals surface area contributed by atoms with E-state index in [1.54, 1.807) is 26.1 Å². The standard InChI is InChI=1S/C26H25F3N2O4/c1-4-22-21(31-23(35-22)15-5-7-16(8-6-15)26(27,28)29)11-12-34-17-9-10-20-18(13-17)19(14-30-20)25(2,3)24(32)33/h5-10,13-14,30H,4,11-12H2,1-3H3,(H,32,33). The molecule has 6 nitrogen and oxygen atoms in total. The predicted molar refractivity (Wildman–Crippen MR) is 124 cm³/mol. The highest BCUT2D eigenvalue weighted by Crippen LogP contribution is 2.33. The van der Waals surface area contributed by atoms with E-state index in [0.717, 1.165) is 23.0 Å². The van der Waals surface area contributed by atoms with E-state index >= 15 is 0 Å². The molecule has 0 aliphatic heterocycles. The van der Waals surface area contributed by atoms with Crippen LogP contribution in [0, 0.1) is 0 Å². The lowest BCUT2D eigenvalue weighted by Gasteiger charge is -2.18. The van der Waals surface area contributed by atoms with Crippen molar-refractivity contribution in [1.29, 1.82) is 0 Å². The van der Waals surface area contributed by atoms with Crippen molar-refractivity contribution in [3.05, 3.63) is 71.2 Å². The first-order valence-corrected chi connectivity index (χ1v) is 11.1. The van der Waals surface area contributed by atoms with Crippen molar-refractivity contribution in [1.82, 2.24) is 9.97 Å². The number of nitrogens with one attached hydrogen (secondary N) is 1. The van der Waals surface area contributed by atoms with Crippen molar-refractivity contribution in [2.24, 2.45) is 0 Å². The van der Waals surface area contributed by atoms with Gasteiger partial charge in [0.15, 0.2) is 0 Å². The molecule has 2 aromatic heterocycles. The number of rotatable bonds is 8. The lowest BCUT2D eigenvalue weighted by atomic mass is 9.84. The monoisotopic (exact) mass is 486 g/mol. The smallest absolute Gasteiger partial charge is 0.416 e. The number of ether oxygens (including phenoxy) is 1. The van der Waals surface area contributed by atoms with E-state index in [1.807, 2.05) is 19.1 Å². The third-order valence-electron chi connectivity index (χ3n) is 6.03. The number of carbonyl (C=O) groups is 1. The Morgan fingerprint density at radius 2 is 1.86 bits per heavy atom. The van der Waals surface area contributed by atoms with Crippen molar-refractivity contribution in [3.8, 4) is 17.2 Å². The van der Waals surface area contributed by atoms with E-state index in [2.05, 4.69) is 9.97 Å². The minimum absolute atomic E-state index is 0.264. The van der Waals surface area contributed by atoms with Crippen molar-refractivity contribution >= 4 is 16.9 Å². The van der Waals surface area contributed by atoms with Gasteiger partial charge in [0.1, 0.15) is 11.5 Å². The number of oxazole rings is 1. The summed E-state index contributed by atoms with van der Waals surface area (Å²) in [6, 6.07) is 10.1. The van der Waals surface area contributed by atoms with Crippen LogP contribution in [-0.2, 0) is 29.2 Å². The van der Waals surface area contributed by atoms with Crippen LogP contribution in [0.4, 0.5) is 13.2 Å². The summed E-state index contributed by atoms with van der Waals surface area (Å²) in [7, 11) is 0. The summed E-state index contributed by atoms with van der Waals surface area (Å²) in [5.74, 6) is 0.575. The molecule has 0 fully saturated rings. The molecule has 2 heterocycles. The number of aliphatic carboxylic acids is 1. The number of hydrogen-bond acceptors (Lipinski definition) is 4. The van der Waals surface area contributed by atoms with Gasteiger partial charge in [0.05, 0.1) is 23.3 Å². The Hall–Kier alpha value is -3.75. The number of benzene rings is 2. The molecule has 0 saturated carbocycles. The average molecular weight is 486 g/mol. The number of aromatic nitrogens is 2. The second-order valence-corrected chi connectivity index (χ2v) is 8.76. The van der Waals surface area contributed by atoms with E-state index < -0.39 is 23.1 Å². The van der Waals surface area contributed by atoms with Gasteiger partial charge in [-0.3, -0.25) is 4.79 Å². The van der Waals surface area contributed by atoms with Crippen molar-refractivity contribution in [3.63, 3.8) is 0 Å². The minimum atomic E-state index is -4.40. The fraction of sp³-hybridized carbons (Fsp3) is 0.308. The molecule has 0 bridgehead atoms. The van der Waals surface area contributed by atoms with E-state index in [4.69, 9.17) is 9.15 Å². The third kappa shape index (κ3) is 4.89. The van der Waals surface area contributed by atoms with Gasteiger partial charge in [0.25, 0.3) is 0 Å². The van der Waals surface area contributed by atoms with Gasteiger partial charge in [-0.2, -0.15) is 13.2 Å². The number of aromatic amines is 1. The molecule has 0 unspecified atom stereocenters. The lowest BCUT2D eigenvalue weighted by molar-refractivity contribution is -0.142. The fourth-order valence-corrected chi connectivity index (χ4v) is 3.87. The Morgan fingerprint density at radius 3 is 2.49 bits per heavy atom. The van der Waals surface area contributed by atoms with Gasteiger partial charge in [-0.15, -0.1) is 0 Å². The highest BCUT2D eigenvalue weighted by molar-refractivity contribution is 5.92. The second kappa shape index (κ2) is 9.13. The molecule has 4 rings (SSSR count). The first-order valence-electron chi connectivity index (χ1n) is 11.1. The zero-order valence-electron chi connectivity index (χ0n) is 19.5. The van der Waals surface area contributed by atoms with Crippen molar-refractivity contribution < 1.29 is 32.2 Å². The summed E-state index contributed by atoms with van der Waals surface area (Å²) in [5.41, 5.74) is 0.821. The summed E-state index contributed by atoms with van der Waals surface area (Å²) in [4.78, 5) is 19.3. The van der Waals surface area contributed by atoms with Gasteiger partial charge < -0.3 is 19.2 Å². The van der Waals surface area contributed by atoms with Crippen LogP contribution in [0.1, 0.15) is 43.4 Å². The summed E-state index contributed by atoms with van der Waals surface area (Å²) in [6.07, 6.45) is -1.69. The lowest BCUT2D eigenvalue weighted by Crippen LogP contribution is -2.28. The van der Waals surface area contributed by atoms with Crippen LogP contribution in [0.5, 0.6) is 5.75 Å². The molecular formula is C26H25F3N2O4. The number of halogens is 3. The largest absolute Gasteiger partial charge is 0.493 e. The highest BCUT2D eigenvalue weighted by Gasteiger charge is 2.32. The number of nitrogens with zero attached hydrogens (tertiary/aromatic N) is 1. The maximum absolute atomic E-state index is 12.8. The molecule has 184 valence electrons. The van der Waals surface area contributed by atoms with Crippen molar-refractivity contribution in [2.45, 2.75) is 45.2 Å². The SMILES string of the molecule is CCc1oc(-c2ccc(C(F)(F)F)cc2)nc1CCOc1ccc2[nH]cc(C(C)(C)C(=O)O)c2c1. The number of hydrogen-bond donors (Lipinski definition) is 2. The normalized spacial score (nSPS) is 12.3. The number of aryl methyl sites for hydroxylation is 1. The summed E-state index contributed by atoms with van der Waals surface area (Å²) in [6.45, 7) is 5.50. The van der Waals surface area contributed by atoms with Gasteiger partial charge in [0, 0.05) is 35.5 Å². The van der Waals surface area contributed by atoms with Crippen LogP contribution >= 0.6 is 0 Å². The van der Waals surface area contributed by atoms with Gasteiger partial charge in [-0.05, 0) is 61.9 Å². The Balaban J connectivity index is 1.48. The molecule has 35 heavy (non-hydrogen) atoms. The van der Waals surface area contributed by atoms with Gasteiger partial charge in [-0.25, -0.2) is 4.98 Å². The highest BCUT2D eigenvalue weighted by atomic mass is 19.4. The van der Waals surface area contributed by atoms with E-state index in [-0.39, 0.29) is 5.89 Å². The Labute approximate surface area is 199 Å². The zero-order chi connectivity index (χ0) is 25.4. The Bertz CT molecular complexity index is 1350. The Morgan fingerprint density at radius 1 is 1.14 bits per heavy atom. The van der Waals surface area contributed by atoms with Gasteiger partial charge >= 0.3 is 12.1 Å². The molecule has 9 heteroatoms. The first-order chi connectivity index (χ1) is 16.5. The van der Waals surface area contributed by atoms with E-state index in [0.29, 0.717) is 47.8 Å². The summed E-state index contributed by atoms with van der Waals surface area (Å²) < 4.78 is 50.2. The summed E-state index contributed by atoms with van der Waals surface area (Å²) >= 11 is 0. The molecule has 2 N–H and O–H groups in total. The van der Waals surface area contributed by atoms with Crippen LogP contribution in [-0.4, -0.2) is 27.7 Å². The Kier molecular flexibility index (Phi) is 6.36. The number of alkyl halides is 3. The van der Waals surface area contributed by atoms with Crippen LogP contribution in [0.25, 0.3) is 22.4 Å². The molecule has 2 aromatic carbocycles. The molecule has 0 spiro atoms. The molecule has 0 amide bonds. The van der Waals surface area contributed by atoms with Gasteiger partial charge in [-0.1, -0.05) is 6.92 Å². The number of carboxylic acids is 1. The quantitative estimate of drug-likeness (QED) is 0.301. The molecule has 0 radical (unpaired) electrons. The van der Waals surface area contributed by atoms with Crippen LogP contribution in [0.15, 0.2) is 53.1 Å². The topological polar surface area (TPSA) is 88.4 Å². The number of carboxylic acid groups (broad SMARTS) is 1. The second-order valence-electron chi connectivity index (χ2n) is 8.76. The number of H-pyrrole nitrogens is 1. The van der Waals surface area contributed by atoms with Crippen LogP contribution in [0.3, 0.4) is 0 Å². The fourth-order valence-electron chi connectivity index (χ4n) is 3.87. The molecule has 0 aliphatic carbocycles. The maximum atomic E-state index is 12.8. The number of fused-ring (bicyclic) bond motifs is 1. The first kappa shape index (κ1) is 24.4. The zero-order valence-corrected chi connectivity index (χ0v) is 19.5. The van der Waals surface area contributed by atoms with E-state index in [9.17, 15) is 23.1 Å². The van der Waals surface area contributed by atoms with Gasteiger partial charge in [0.2, 0.25) is 5.89 Å². The van der Waals surface area contributed by atoms with Crippen LogP contribution < -0.4 is 4.74 Å². The minimum Gasteiger partial charge on any atom is -0.493 e. The summed E-state index contributed by atoms with van der Waals surface area (Å²) in [5, 5.41) is 10.4. The molecule has 4 aromatic rings. The molecular weight excluding hydrogens is 461 g/mol. The predicted octanol–water partition coefficient (Wildman–Crippen LogP) is 6.39. The average Bonchev–Trinajstić information content (AvgIpc) is 3.42.